The molecule has 1 unspecified atom stereocenters. The van der Waals surface area contributed by atoms with Crippen LogP contribution < -0.4 is 10.5 Å². The van der Waals surface area contributed by atoms with Gasteiger partial charge in [0.2, 0.25) is 0 Å². The number of hydrogen-bond acceptors (Lipinski definition) is 3. The van der Waals surface area contributed by atoms with E-state index in [9.17, 15) is 0 Å². The maximum Gasteiger partial charge on any atom is 0.119 e. The number of nitrogens with two attached hydrogens (primary N) is 1. The summed E-state index contributed by atoms with van der Waals surface area (Å²) >= 11 is 0. The van der Waals surface area contributed by atoms with Gasteiger partial charge in [-0.1, -0.05) is 6.07 Å². The van der Waals surface area contributed by atoms with Crippen LogP contribution in [0.5, 0.6) is 5.75 Å². The van der Waals surface area contributed by atoms with Gasteiger partial charge in [-0.25, -0.2) is 0 Å². The van der Waals surface area contributed by atoms with Gasteiger partial charge in [0, 0.05) is 6.04 Å². The zero-order chi connectivity index (χ0) is 10.7. The fourth-order valence-electron chi connectivity index (χ4n) is 2.01. The number of benzene rings is 1. The average molecular weight is 207 g/mol. The Morgan fingerprint density at radius 1 is 1.40 bits per heavy atom. The van der Waals surface area contributed by atoms with Crippen LogP contribution in [0.3, 0.4) is 0 Å². The molecule has 0 aliphatic heterocycles. The van der Waals surface area contributed by atoms with Gasteiger partial charge in [-0.05, 0) is 42.5 Å². The number of aliphatic hydroxyl groups is 1. The van der Waals surface area contributed by atoms with Crippen LogP contribution in [0.25, 0.3) is 0 Å². The predicted molar refractivity (Wildman–Crippen MR) is 59.0 cm³/mol. The quantitative estimate of drug-likeness (QED) is 0.773. The smallest absolute Gasteiger partial charge is 0.119 e. The van der Waals surface area contributed by atoms with Gasteiger partial charge in [0.1, 0.15) is 12.4 Å². The largest absolute Gasteiger partial charge is 0.491 e. The fourth-order valence-corrected chi connectivity index (χ4v) is 2.01. The molecule has 15 heavy (non-hydrogen) atoms. The zero-order valence-corrected chi connectivity index (χ0v) is 8.78. The van der Waals surface area contributed by atoms with Crippen molar-refractivity contribution < 1.29 is 9.84 Å². The third-order valence-electron chi connectivity index (χ3n) is 2.80. The van der Waals surface area contributed by atoms with Crippen molar-refractivity contribution in [3.8, 4) is 5.75 Å². The molecular weight excluding hydrogens is 190 g/mol. The molecule has 0 amide bonds. The van der Waals surface area contributed by atoms with Gasteiger partial charge < -0.3 is 15.6 Å². The minimum atomic E-state index is 0.0522. The molecular formula is C12H17NO2. The lowest BCUT2D eigenvalue weighted by atomic mass is 9.89. The molecule has 0 radical (unpaired) electrons. The molecule has 1 aliphatic rings. The maximum absolute atomic E-state index is 8.66. The van der Waals surface area contributed by atoms with Crippen LogP contribution in [0.1, 0.15) is 17.5 Å². The Bertz CT molecular complexity index is 338. The minimum absolute atomic E-state index is 0.0522. The predicted octanol–water partition coefficient (Wildman–Crippen LogP) is 0.874. The Morgan fingerprint density at radius 2 is 2.27 bits per heavy atom. The van der Waals surface area contributed by atoms with Crippen LogP contribution in [-0.4, -0.2) is 24.4 Å². The number of fused-ring (bicyclic) bond motifs is 1. The van der Waals surface area contributed by atoms with E-state index in [0.717, 1.165) is 25.0 Å². The Labute approximate surface area is 89.9 Å². The molecule has 3 heteroatoms. The van der Waals surface area contributed by atoms with Crippen molar-refractivity contribution in [2.45, 2.75) is 25.3 Å². The first-order valence-electron chi connectivity index (χ1n) is 5.40. The van der Waals surface area contributed by atoms with Crippen LogP contribution >= 0.6 is 0 Å². The Balaban J connectivity index is 2.13. The van der Waals surface area contributed by atoms with E-state index in [2.05, 4.69) is 6.07 Å². The molecule has 0 heterocycles. The summed E-state index contributed by atoms with van der Waals surface area (Å²) in [5, 5.41) is 8.66. The number of hydrogen-bond donors (Lipinski definition) is 2. The highest BCUT2D eigenvalue weighted by Crippen LogP contribution is 2.24. The van der Waals surface area contributed by atoms with Crippen LogP contribution in [-0.2, 0) is 12.8 Å². The van der Waals surface area contributed by atoms with E-state index in [1.807, 2.05) is 12.1 Å². The van der Waals surface area contributed by atoms with Crippen LogP contribution in [0, 0.1) is 0 Å². The molecule has 0 saturated carbocycles. The first-order valence-corrected chi connectivity index (χ1v) is 5.40. The van der Waals surface area contributed by atoms with Crippen molar-refractivity contribution in [1.82, 2.24) is 0 Å². The van der Waals surface area contributed by atoms with Gasteiger partial charge in [0.15, 0.2) is 0 Å². The van der Waals surface area contributed by atoms with Gasteiger partial charge in [-0.2, -0.15) is 0 Å². The summed E-state index contributed by atoms with van der Waals surface area (Å²) in [6, 6.07) is 6.40. The van der Waals surface area contributed by atoms with E-state index in [1.165, 1.54) is 11.1 Å². The van der Waals surface area contributed by atoms with Gasteiger partial charge >= 0.3 is 0 Å². The molecule has 0 spiro atoms. The average Bonchev–Trinajstić information content (AvgIpc) is 2.25. The van der Waals surface area contributed by atoms with E-state index >= 15 is 0 Å². The van der Waals surface area contributed by atoms with Gasteiger partial charge in [-0.3, -0.25) is 0 Å². The zero-order valence-electron chi connectivity index (χ0n) is 8.78. The molecule has 0 aromatic heterocycles. The first kappa shape index (κ1) is 10.5. The number of aliphatic hydroxyl groups excluding tert-OH is 1. The summed E-state index contributed by atoms with van der Waals surface area (Å²) in [4.78, 5) is 0. The Kier molecular flexibility index (Phi) is 3.23. The summed E-state index contributed by atoms with van der Waals surface area (Å²) in [5.74, 6) is 0.830. The Morgan fingerprint density at radius 3 is 3.07 bits per heavy atom. The molecule has 0 fully saturated rings. The number of rotatable bonds is 3. The molecule has 1 aromatic rings. The van der Waals surface area contributed by atoms with Crippen molar-refractivity contribution in [3.63, 3.8) is 0 Å². The van der Waals surface area contributed by atoms with E-state index in [1.54, 1.807) is 0 Å². The number of aryl methyl sites for hydroxylation is 1. The summed E-state index contributed by atoms with van der Waals surface area (Å²) < 4.78 is 5.37. The van der Waals surface area contributed by atoms with Crippen molar-refractivity contribution in [2.75, 3.05) is 13.2 Å². The Hall–Kier alpha value is -1.06. The fraction of sp³-hybridized carbons (Fsp3) is 0.500. The molecule has 3 nitrogen and oxygen atoms in total. The number of ether oxygens (including phenoxy) is 1. The highest BCUT2D eigenvalue weighted by molar-refractivity contribution is 5.37. The summed E-state index contributed by atoms with van der Waals surface area (Å²) in [7, 11) is 0. The van der Waals surface area contributed by atoms with E-state index in [0.29, 0.717) is 6.61 Å². The normalized spacial score (nSPS) is 19.7. The lowest BCUT2D eigenvalue weighted by molar-refractivity contribution is 0.201. The van der Waals surface area contributed by atoms with Gasteiger partial charge in [0.05, 0.1) is 6.61 Å². The summed E-state index contributed by atoms with van der Waals surface area (Å²) in [6.45, 7) is 0.404. The monoisotopic (exact) mass is 207 g/mol. The second kappa shape index (κ2) is 4.64. The van der Waals surface area contributed by atoms with Crippen molar-refractivity contribution in [1.29, 1.82) is 0 Å². The summed E-state index contributed by atoms with van der Waals surface area (Å²) in [6.07, 6.45) is 3.08. The van der Waals surface area contributed by atoms with Crippen LogP contribution in [0.2, 0.25) is 0 Å². The standard InChI is InChI=1S/C12H17NO2/c13-11-3-1-9-2-4-12(15-6-5-14)8-10(9)7-11/h2,4,8,11,14H,1,3,5-7,13H2. The van der Waals surface area contributed by atoms with E-state index < -0.39 is 0 Å². The van der Waals surface area contributed by atoms with Crippen LogP contribution in [0.4, 0.5) is 0 Å². The molecule has 0 bridgehead atoms. The van der Waals surface area contributed by atoms with Crippen LogP contribution in [0.15, 0.2) is 18.2 Å². The summed E-state index contributed by atoms with van der Waals surface area (Å²) in [5.41, 5.74) is 8.60. The minimum Gasteiger partial charge on any atom is -0.491 e. The third kappa shape index (κ3) is 2.49. The third-order valence-corrected chi connectivity index (χ3v) is 2.80. The van der Waals surface area contributed by atoms with Gasteiger partial charge in [-0.15, -0.1) is 0 Å². The molecule has 1 aliphatic carbocycles. The second-order valence-corrected chi connectivity index (χ2v) is 4.01. The molecule has 3 N–H and O–H groups in total. The van der Waals surface area contributed by atoms with E-state index in [-0.39, 0.29) is 12.6 Å². The van der Waals surface area contributed by atoms with E-state index in [4.69, 9.17) is 15.6 Å². The van der Waals surface area contributed by atoms with Gasteiger partial charge in [0.25, 0.3) is 0 Å². The SMILES string of the molecule is NC1CCc2ccc(OCCO)cc2C1. The maximum atomic E-state index is 8.66. The molecule has 1 aromatic carbocycles. The first-order chi connectivity index (χ1) is 7.29. The van der Waals surface area contributed by atoms with Crippen molar-refractivity contribution in [2.24, 2.45) is 5.73 Å². The lowest BCUT2D eigenvalue weighted by Crippen LogP contribution is -2.27. The second-order valence-electron chi connectivity index (χ2n) is 4.01. The highest BCUT2D eigenvalue weighted by Gasteiger charge is 2.15. The molecule has 2 rings (SSSR count). The lowest BCUT2D eigenvalue weighted by Gasteiger charge is -2.21. The van der Waals surface area contributed by atoms with Crippen molar-refractivity contribution in [3.05, 3.63) is 29.3 Å². The molecule has 1 atom stereocenters. The molecule has 0 saturated heterocycles. The highest BCUT2D eigenvalue weighted by atomic mass is 16.5. The van der Waals surface area contributed by atoms with Crippen molar-refractivity contribution >= 4 is 0 Å². The molecule has 82 valence electrons. The topological polar surface area (TPSA) is 55.5 Å².